The number of carbonyl (C=O) groups is 1. The van der Waals surface area contributed by atoms with Crippen molar-refractivity contribution in [3.63, 3.8) is 0 Å². The summed E-state index contributed by atoms with van der Waals surface area (Å²) in [6.45, 7) is 1.14. The molecule has 1 aliphatic carbocycles. The Bertz CT molecular complexity index is 481. The average molecular weight is 306 g/mol. The number of nitrogens with one attached hydrogen (secondary N) is 1. The van der Waals surface area contributed by atoms with Crippen LogP contribution in [0.2, 0.25) is 0 Å². The molecule has 1 aliphatic rings. The molecule has 22 heavy (non-hydrogen) atoms. The molecule has 0 aromatic heterocycles. The highest BCUT2D eigenvalue weighted by Gasteiger charge is 2.34. The Kier molecular flexibility index (Phi) is 5.66. The van der Waals surface area contributed by atoms with E-state index in [4.69, 9.17) is 9.47 Å². The molecule has 0 heterocycles. The van der Waals surface area contributed by atoms with Crippen molar-refractivity contribution in [3.8, 4) is 5.75 Å². The van der Waals surface area contributed by atoms with Crippen LogP contribution < -0.4 is 10.1 Å². The lowest BCUT2D eigenvalue weighted by molar-refractivity contribution is -0.00182. The van der Waals surface area contributed by atoms with E-state index >= 15 is 0 Å². The van der Waals surface area contributed by atoms with Crippen LogP contribution >= 0.6 is 0 Å². The van der Waals surface area contributed by atoms with E-state index in [2.05, 4.69) is 5.32 Å². The number of nitrogens with zero attached hydrogens (tertiary/aromatic N) is 1. The van der Waals surface area contributed by atoms with Gasteiger partial charge in [-0.15, -0.1) is 0 Å². The lowest BCUT2D eigenvalue weighted by Gasteiger charge is -2.29. The number of methoxy groups -OCH3 is 2. The molecule has 0 saturated heterocycles. The summed E-state index contributed by atoms with van der Waals surface area (Å²) in [6, 6.07) is 7.67. The summed E-state index contributed by atoms with van der Waals surface area (Å²) in [4.78, 5) is 13.9. The van der Waals surface area contributed by atoms with Crippen molar-refractivity contribution in [2.45, 2.75) is 37.8 Å². The second-order valence-electron chi connectivity index (χ2n) is 5.96. The largest absolute Gasteiger partial charge is 0.497 e. The highest BCUT2D eigenvalue weighted by molar-refractivity contribution is 5.73. The Balaban J connectivity index is 1.83. The van der Waals surface area contributed by atoms with Gasteiger partial charge in [-0.25, -0.2) is 4.79 Å². The molecular weight excluding hydrogens is 280 g/mol. The molecule has 0 bridgehead atoms. The molecule has 2 rings (SSSR count). The van der Waals surface area contributed by atoms with Crippen molar-refractivity contribution in [3.05, 3.63) is 29.8 Å². The van der Waals surface area contributed by atoms with Crippen LogP contribution in [0.1, 0.15) is 31.2 Å². The smallest absolute Gasteiger partial charge is 0.317 e. The van der Waals surface area contributed by atoms with Crippen molar-refractivity contribution in [1.82, 2.24) is 10.2 Å². The van der Waals surface area contributed by atoms with Crippen molar-refractivity contribution in [2.75, 3.05) is 27.8 Å². The summed E-state index contributed by atoms with van der Waals surface area (Å²) in [5, 5.41) is 3.00. The minimum absolute atomic E-state index is 0.0702. The van der Waals surface area contributed by atoms with E-state index < -0.39 is 0 Å². The molecule has 1 aromatic rings. The number of amides is 2. The average Bonchev–Trinajstić information content (AvgIpc) is 3.02. The van der Waals surface area contributed by atoms with Gasteiger partial charge >= 0.3 is 6.03 Å². The first-order valence-corrected chi connectivity index (χ1v) is 7.76. The highest BCUT2D eigenvalue weighted by Crippen LogP contribution is 2.31. The number of carbonyl (C=O) groups excluding carboxylic acids is 1. The van der Waals surface area contributed by atoms with Crippen molar-refractivity contribution >= 4 is 6.03 Å². The maximum Gasteiger partial charge on any atom is 0.317 e. The lowest BCUT2D eigenvalue weighted by Crippen LogP contribution is -2.46. The van der Waals surface area contributed by atoms with E-state index in [9.17, 15) is 4.79 Å². The summed E-state index contributed by atoms with van der Waals surface area (Å²) in [7, 11) is 5.18. The first-order valence-electron chi connectivity index (χ1n) is 7.76. The lowest BCUT2D eigenvalue weighted by atomic mass is 10.0. The number of benzene rings is 1. The normalized spacial score (nSPS) is 16.3. The predicted molar refractivity (Wildman–Crippen MR) is 86.1 cm³/mol. The van der Waals surface area contributed by atoms with Crippen LogP contribution in [0.15, 0.2) is 24.3 Å². The van der Waals surface area contributed by atoms with Crippen LogP contribution in [-0.4, -0.2) is 44.3 Å². The van der Waals surface area contributed by atoms with E-state index in [0.29, 0.717) is 13.1 Å². The fourth-order valence-corrected chi connectivity index (χ4v) is 2.92. The van der Waals surface area contributed by atoms with Gasteiger partial charge in [-0.05, 0) is 30.5 Å². The van der Waals surface area contributed by atoms with Crippen LogP contribution in [0.25, 0.3) is 0 Å². The Morgan fingerprint density at radius 1 is 1.23 bits per heavy atom. The Morgan fingerprint density at radius 2 is 1.86 bits per heavy atom. The first-order chi connectivity index (χ1) is 10.6. The SMILES string of the molecule is COc1ccc(CN(C)C(=O)NCC2(OC)CCCC2)cc1. The van der Waals surface area contributed by atoms with Crippen molar-refractivity contribution in [2.24, 2.45) is 0 Å². The van der Waals surface area contributed by atoms with Gasteiger partial charge in [0.1, 0.15) is 5.75 Å². The third-order valence-corrected chi connectivity index (χ3v) is 4.44. The number of hydrogen-bond donors (Lipinski definition) is 1. The molecule has 2 amide bonds. The Labute approximate surface area is 132 Å². The number of urea groups is 1. The van der Waals surface area contributed by atoms with E-state index in [1.807, 2.05) is 24.3 Å². The third kappa shape index (κ3) is 4.13. The van der Waals surface area contributed by atoms with E-state index in [1.54, 1.807) is 26.2 Å². The fourth-order valence-electron chi connectivity index (χ4n) is 2.92. The molecule has 1 fully saturated rings. The van der Waals surface area contributed by atoms with Crippen LogP contribution in [0.4, 0.5) is 4.79 Å². The Morgan fingerprint density at radius 3 is 2.41 bits per heavy atom. The zero-order chi connectivity index (χ0) is 16.0. The van der Waals surface area contributed by atoms with Crippen LogP contribution in [-0.2, 0) is 11.3 Å². The highest BCUT2D eigenvalue weighted by atomic mass is 16.5. The van der Waals surface area contributed by atoms with Crippen LogP contribution in [0.5, 0.6) is 5.75 Å². The van der Waals surface area contributed by atoms with Crippen LogP contribution in [0, 0.1) is 0 Å². The number of hydrogen-bond acceptors (Lipinski definition) is 3. The number of ether oxygens (including phenoxy) is 2. The van der Waals surface area contributed by atoms with Gasteiger partial charge in [0.15, 0.2) is 0 Å². The maximum absolute atomic E-state index is 12.2. The van der Waals surface area contributed by atoms with Gasteiger partial charge in [0.25, 0.3) is 0 Å². The molecular formula is C17H26N2O3. The monoisotopic (exact) mass is 306 g/mol. The molecule has 1 N–H and O–H groups in total. The molecule has 5 heteroatoms. The van der Waals surface area contributed by atoms with Gasteiger partial charge in [0.05, 0.1) is 12.7 Å². The zero-order valence-corrected chi connectivity index (χ0v) is 13.7. The van der Waals surface area contributed by atoms with Gasteiger partial charge in [-0.2, -0.15) is 0 Å². The zero-order valence-electron chi connectivity index (χ0n) is 13.7. The second kappa shape index (κ2) is 7.49. The molecule has 0 spiro atoms. The standard InChI is InChI=1S/C17H26N2O3/c1-19(12-14-6-8-15(21-2)9-7-14)16(20)18-13-17(22-3)10-4-5-11-17/h6-9H,4-5,10-13H2,1-3H3,(H,18,20). The van der Waals surface area contributed by atoms with E-state index in [1.165, 1.54) is 12.8 Å². The summed E-state index contributed by atoms with van der Waals surface area (Å²) in [5.41, 5.74) is 0.900. The van der Waals surface area contributed by atoms with Gasteiger partial charge in [-0.1, -0.05) is 25.0 Å². The minimum Gasteiger partial charge on any atom is -0.497 e. The molecule has 0 aliphatic heterocycles. The summed E-state index contributed by atoms with van der Waals surface area (Å²) in [5.74, 6) is 0.819. The molecule has 0 radical (unpaired) electrons. The maximum atomic E-state index is 12.2. The van der Waals surface area contributed by atoms with Gasteiger partial charge in [-0.3, -0.25) is 0 Å². The molecule has 5 nitrogen and oxygen atoms in total. The van der Waals surface area contributed by atoms with Crippen LogP contribution in [0.3, 0.4) is 0 Å². The molecule has 0 atom stereocenters. The molecule has 1 saturated carbocycles. The second-order valence-corrected chi connectivity index (χ2v) is 5.96. The van der Waals surface area contributed by atoms with Gasteiger partial charge in [0, 0.05) is 27.2 Å². The van der Waals surface area contributed by atoms with Gasteiger partial charge < -0.3 is 19.7 Å². The summed E-state index contributed by atoms with van der Waals surface area (Å²) >= 11 is 0. The van der Waals surface area contributed by atoms with Crippen molar-refractivity contribution < 1.29 is 14.3 Å². The molecule has 122 valence electrons. The summed E-state index contributed by atoms with van der Waals surface area (Å²) < 4.78 is 10.8. The third-order valence-electron chi connectivity index (χ3n) is 4.44. The number of rotatable bonds is 6. The quantitative estimate of drug-likeness (QED) is 0.879. The fraction of sp³-hybridized carbons (Fsp3) is 0.588. The van der Waals surface area contributed by atoms with Crippen molar-refractivity contribution in [1.29, 1.82) is 0 Å². The molecule has 0 unspecified atom stereocenters. The Hall–Kier alpha value is -1.75. The predicted octanol–water partition coefficient (Wildman–Crippen LogP) is 2.80. The van der Waals surface area contributed by atoms with E-state index in [-0.39, 0.29) is 11.6 Å². The van der Waals surface area contributed by atoms with Gasteiger partial charge in [0.2, 0.25) is 0 Å². The summed E-state index contributed by atoms with van der Waals surface area (Å²) in [6.07, 6.45) is 4.38. The van der Waals surface area contributed by atoms with E-state index in [0.717, 1.165) is 24.2 Å². The first kappa shape index (κ1) is 16.6. The minimum atomic E-state index is -0.170. The topological polar surface area (TPSA) is 50.8 Å². The molecule has 1 aromatic carbocycles.